The molecular weight excluding hydrogens is 373 g/mol. The van der Waals surface area contributed by atoms with Crippen LogP contribution in [0.5, 0.6) is 0 Å². The Bertz CT molecular complexity index is 668. The van der Waals surface area contributed by atoms with Crippen molar-refractivity contribution in [3.05, 3.63) is 67.6 Å². The lowest BCUT2D eigenvalue weighted by Crippen LogP contribution is -2.26. The Balaban J connectivity index is 2.21. The van der Waals surface area contributed by atoms with Gasteiger partial charge in [-0.05, 0) is 58.7 Å². The lowest BCUT2D eigenvalue weighted by molar-refractivity contribution is 0.0784. The summed E-state index contributed by atoms with van der Waals surface area (Å²) in [5, 5.41) is 1.13. The van der Waals surface area contributed by atoms with Crippen molar-refractivity contribution in [2.24, 2.45) is 0 Å². The summed E-state index contributed by atoms with van der Waals surface area (Å²) in [7, 11) is 1.76. The quantitative estimate of drug-likeness (QED) is 0.697. The normalized spacial score (nSPS) is 10.5. The van der Waals surface area contributed by atoms with Crippen LogP contribution in [-0.2, 0) is 6.54 Å². The number of rotatable bonds is 3. The highest BCUT2D eigenvalue weighted by atomic mass is 79.9. The van der Waals surface area contributed by atoms with E-state index in [0.717, 1.165) is 15.6 Å². The molecule has 0 fully saturated rings. The number of aryl methyl sites for hydroxylation is 1. The molecule has 21 heavy (non-hydrogen) atoms. The topological polar surface area (TPSA) is 20.3 Å². The average Bonchev–Trinajstić information content (AvgIpc) is 2.39. The molecule has 2 nitrogen and oxygen atoms in total. The zero-order valence-corrected chi connectivity index (χ0v) is 14.8. The van der Waals surface area contributed by atoms with Gasteiger partial charge in [-0.3, -0.25) is 4.79 Å². The Morgan fingerprint density at radius 3 is 2.38 bits per heavy atom. The molecule has 0 heterocycles. The van der Waals surface area contributed by atoms with E-state index in [4.69, 9.17) is 23.2 Å². The molecule has 2 rings (SSSR count). The number of hydrogen-bond donors (Lipinski definition) is 0. The summed E-state index contributed by atoms with van der Waals surface area (Å²) < 4.78 is 0.786. The summed E-state index contributed by atoms with van der Waals surface area (Å²) >= 11 is 15.4. The third kappa shape index (κ3) is 4.22. The first-order valence-corrected chi connectivity index (χ1v) is 7.88. The molecule has 5 heteroatoms. The number of carbonyl (C=O) groups excluding carboxylic acids is 1. The van der Waals surface area contributed by atoms with Crippen LogP contribution in [0.15, 0.2) is 40.9 Å². The van der Waals surface area contributed by atoms with Crippen LogP contribution in [0, 0.1) is 6.92 Å². The van der Waals surface area contributed by atoms with Crippen molar-refractivity contribution >= 4 is 45.0 Å². The minimum atomic E-state index is -0.0540. The molecule has 110 valence electrons. The molecule has 0 aliphatic heterocycles. The van der Waals surface area contributed by atoms with E-state index in [1.54, 1.807) is 18.0 Å². The maximum Gasteiger partial charge on any atom is 0.255 e. The molecule has 0 atom stereocenters. The van der Waals surface area contributed by atoms with Crippen molar-refractivity contribution in [2.75, 3.05) is 7.05 Å². The van der Waals surface area contributed by atoms with Gasteiger partial charge in [-0.25, -0.2) is 0 Å². The predicted octanol–water partition coefficient (Wildman–Crippen LogP) is 5.34. The molecule has 0 saturated heterocycles. The fraction of sp³-hybridized carbons (Fsp3) is 0.188. The van der Waals surface area contributed by atoms with E-state index in [2.05, 4.69) is 15.9 Å². The Hall–Kier alpha value is -1.03. The highest BCUT2D eigenvalue weighted by Gasteiger charge is 2.15. The van der Waals surface area contributed by atoms with Crippen molar-refractivity contribution in [1.82, 2.24) is 4.90 Å². The molecule has 2 aromatic rings. The van der Waals surface area contributed by atoms with Crippen molar-refractivity contribution in [2.45, 2.75) is 13.5 Å². The van der Waals surface area contributed by atoms with Crippen LogP contribution < -0.4 is 0 Å². The van der Waals surface area contributed by atoms with Gasteiger partial charge in [0.1, 0.15) is 0 Å². The van der Waals surface area contributed by atoms with Crippen LogP contribution in [-0.4, -0.2) is 17.9 Å². The molecule has 0 radical (unpaired) electrons. The van der Waals surface area contributed by atoms with E-state index in [9.17, 15) is 4.79 Å². The minimum Gasteiger partial charge on any atom is -0.337 e. The number of amides is 1. The average molecular weight is 387 g/mol. The highest BCUT2D eigenvalue weighted by Crippen LogP contribution is 2.22. The van der Waals surface area contributed by atoms with Crippen molar-refractivity contribution in [3.8, 4) is 0 Å². The first kappa shape index (κ1) is 16.3. The minimum absolute atomic E-state index is 0.0540. The van der Waals surface area contributed by atoms with Gasteiger partial charge in [-0.15, -0.1) is 0 Å². The van der Waals surface area contributed by atoms with E-state index in [-0.39, 0.29) is 5.91 Å². The summed E-state index contributed by atoms with van der Waals surface area (Å²) in [6.07, 6.45) is 0. The zero-order chi connectivity index (χ0) is 15.6. The smallest absolute Gasteiger partial charge is 0.255 e. The second kappa shape index (κ2) is 6.82. The molecule has 0 N–H and O–H groups in total. The lowest BCUT2D eigenvalue weighted by atomic mass is 10.1. The maximum atomic E-state index is 12.5. The van der Waals surface area contributed by atoms with Gasteiger partial charge in [-0.2, -0.15) is 0 Å². The van der Waals surface area contributed by atoms with Crippen LogP contribution in [0.25, 0.3) is 0 Å². The Kier molecular flexibility index (Phi) is 5.31. The fourth-order valence-corrected chi connectivity index (χ4v) is 3.04. The summed E-state index contributed by atoms with van der Waals surface area (Å²) in [6, 6.07) is 11.0. The monoisotopic (exact) mass is 385 g/mol. The highest BCUT2D eigenvalue weighted by molar-refractivity contribution is 9.10. The van der Waals surface area contributed by atoms with Crippen LogP contribution >= 0.6 is 39.1 Å². The van der Waals surface area contributed by atoms with E-state index < -0.39 is 0 Å². The Labute approximate surface area is 142 Å². The van der Waals surface area contributed by atoms with Crippen molar-refractivity contribution in [3.63, 3.8) is 0 Å². The van der Waals surface area contributed by atoms with E-state index in [0.29, 0.717) is 22.2 Å². The van der Waals surface area contributed by atoms with Gasteiger partial charge in [0.25, 0.3) is 5.91 Å². The summed E-state index contributed by atoms with van der Waals surface area (Å²) in [5.41, 5.74) is 2.58. The zero-order valence-electron chi connectivity index (χ0n) is 11.7. The number of carbonyl (C=O) groups is 1. The standard InChI is InChI=1S/C16H14BrCl2NO/c1-10-3-4-15(17)14(5-10)16(21)20(2)9-11-6-12(18)8-13(19)7-11/h3-8H,9H2,1-2H3. The molecule has 0 bridgehead atoms. The molecule has 0 aliphatic carbocycles. The number of halogens is 3. The fourth-order valence-electron chi connectivity index (χ4n) is 2.06. The maximum absolute atomic E-state index is 12.5. The third-order valence-electron chi connectivity index (χ3n) is 3.04. The first-order valence-electron chi connectivity index (χ1n) is 6.33. The Morgan fingerprint density at radius 1 is 1.14 bits per heavy atom. The van der Waals surface area contributed by atoms with Gasteiger partial charge in [0.05, 0.1) is 5.56 Å². The van der Waals surface area contributed by atoms with Crippen LogP contribution in [0.4, 0.5) is 0 Å². The number of hydrogen-bond acceptors (Lipinski definition) is 1. The van der Waals surface area contributed by atoms with Crippen molar-refractivity contribution < 1.29 is 4.79 Å². The second-order valence-electron chi connectivity index (χ2n) is 4.92. The molecule has 2 aromatic carbocycles. The van der Waals surface area contributed by atoms with Gasteiger partial charge in [-0.1, -0.05) is 34.8 Å². The number of benzene rings is 2. The van der Waals surface area contributed by atoms with E-state index in [1.165, 1.54) is 0 Å². The lowest BCUT2D eigenvalue weighted by Gasteiger charge is -2.19. The van der Waals surface area contributed by atoms with Gasteiger partial charge >= 0.3 is 0 Å². The molecule has 1 amide bonds. The first-order chi connectivity index (χ1) is 9.86. The SMILES string of the molecule is Cc1ccc(Br)c(C(=O)N(C)Cc2cc(Cl)cc(Cl)c2)c1. The largest absolute Gasteiger partial charge is 0.337 e. The van der Waals surface area contributed by atoms with E-state index in [1.807, 2.05) is 37.3 Å². The van der Waals surface area contributed by atoms with Gasteiger partial charge < -0.3 is 4.90 Å². The summed E-state index contributed by atoms with van der Waals surface area (Å²) in [4.78, 5) is 14.2. The van der Waals surface area contributed by atoms with Crippen molar-refractivity contribution in [1.29, 1.82) is 0 Å². The summed E-state index contributed by atoms with van der Waals surface area (Å²) in [5.74, 6) is -0.0540. The molecule has 0 aliphatic rings. The predicted molar refractivity (Wildman–Crippen MR) is 91.1 cm³/mol. The van der Waals surface area contributed by atoms with Gasteiger partial charge in [0.15, 0.2) is 0 Å². The van der Waals surface area contributed by atoms with Crippen LogP contribution in [0.1, 0.15) is 21.5 Å². The Morgan fingerprint density at radius 2 is 1.76 bits per heavy atom. The van der Waals surface area contributed by atoms with Crippen LogP contribution in [0.3, 0.4) is 0 Å². The molecule has 0 spiro atoms. The van der Waals surface area contributed by atoms with Gasteiger partial charge in [0, 0.05) is 28.1 Å². The van der Waals surface area contributed by atoms with Gasteiger partial charge in [0.2, 0.25) is 0 Å². The molecule has 0 unspecified atom stereocenters. The number of nitrogens with zero attached hydrogens (tertiary/aromatic N) is 1. The summed E-state index contributed by atoms with van der Waals surface area (Å²) in [6.45, 7) is 2.40. The third-order valence-corrected chi connectivity index (χ3v) is 4.17. The second-order valence-corrected chi connectivity index (χ2v) is 6.65. The van der Waals surface area contributed by atoms with E-state index >= 15 is 0 Å². The van der Waals surface area contributed by atoms with Crippen LogP contribution in [0.2, 0.25) is 10.0 Å². The molecule has 0 saturated carbocycles. The molecular formula is C16H14BrCl2NO. The molecule has 0 aromatic heterocycles.